The Balaban J connectivity index is 2.62. The van der Waals surface area contributed by atoms with Crippen LogP contribution in [0.4, 0.5) is 5.69 Å². The topological polar surface area (TPSA) is 42.0 Å². The fourth-order valence-corrected chi connectivity index (χ4v) is 1.21. The van der Waals surface area contributed by atoms with Gasteiger partial charge in [0.15, 0.2) is 0 Å². The van der Waals surface area contributed by atoms with Gasteiger partial charge in [0.05, 0.1) is 0 Å². The van der Waals surface area contributed by atoms with E-state index < -0.39 is 0 Å². The summed E-state index contributed by atoms with van der Waals surface area (Å²) in [6.45, 7) is 1.93. The summed E-state index contributed by atoms with van der Waals surface area (Å²) in [4.78, 5) is 15.2. The molecule has 1 aromatic heterocycles. The second-order valence-electron chi connectivity index (χ2n) is 2.84. The summed E-state index contributed by atoms with van der Waals surface area (Å²) >= 11 is 0. The van der Waals surface area contributed by atoms with Crippen LogP contribution in [0, 0.1) is 6.92 Å². The summed E-state index contributed by atoms with van der Waals surface area (Å²) < 4.78 is 0. The minimum atomic E-state index is -0.150. The number of carbonyl (C=O) groups is 1. The monoisotopic (exact) mass is 158 g/mol. The Labute approximate surface area is 70.9 Å². The molecule has 1 amide bonds. The summed E-state index contributed by atoms with van der Waals surface area (Å²) in [5.74, 6) is -0.150. The maximum absolute atomic E-state index is 11.1. The number of nitrogens with one attached hydrogen (secondary N) is 1. The molecule has 1 aliphatic rings. The zero-order chi connectivity index (χ0) is 8.72. The summed E-state index contributed by atoms with van der Waals surface area (Å²) in [5.41, 5.74) is 2.92. The van der Waals surface area contributed by atoms with Crippen molar-refractivity contribution in [2.75, 3.05) is 5.32 Å². The number of hydrogen-bond donors (Lipinski definition) is 1. The number of carbonyl (C=O) groups excluding carboxylic acids is 1. The number of aryl methyl sites for hydroxylation is 1. The van der Waals surface area contributed by atoms with Gasteiger partial charge in [-0.1, -0.05) is 0 Å². The summed E-state index contributed by atoms with van der Waals surface area (Å²) in [6.07, 6.45) is 1.73. The number of anilines is 1. The molecule has 0 atom stereocenters. The van der Waals surface area contributed by atoms with E-state index in [0.29, 0.717) is 11.2 Å². The van der Waals surface area contributed by atoms with Gasteiger partial charge in [-0.3, -0.25) is 0 Å². The molecule has 1 N–H and O–H groups in total. The van der Waals surface area contributed by atoms with Crippen molar-refractivity contribution in [2.24, 2.45) is 0 Å². The Morgan fingerprint density at radius 1 is 1.58 bits per heavy atom. The molecule has 2 rings (SSSR count). The third-order valence-electron chi connectivity index (χ3n) is 1.83. The molecule has 0 aliphatic carbocycles. The van der Waals surface area contributed by atoms with Crippen LogP contribution >= 0.6 is 0 Å². The van der Waals surface area contributed by atoms with Crippen LogP contribution in [0.15, 0.2) is 12.3 Å². The molecular weight excluding hydrogens is 151 g/mol. The molecule has 0 fully saturated rings. The first-order valence-corrected chi connectivity index (χ1v) is 3.66. The van der Waals surface area contributed by atoms with Gasteiger partial charge in [0.1, 0.15) is 0 Å². The molecule has 0 bridgehead atoms. The Hall–Kier alpha value is -1.45. The van der Waals surface area contributed by atoms with Crippen LogP contribution in [-0.2, 0) is 4.79 Å². The zero-order valence-electron chi connectivity index (χ0n) is 6.72. The Morgan fingerprint density at radius 3 is 3.08 bits per heavy atom. The second-order valence-corrected chi connectivity index (χ2v) is 2.84. The van der Waals surface area contributed by atoms with Gasteiger partial charge in [0.25, 0.3) is 0 Å². The number of amides is 1. The van der Waals surface area contributed by atoms with Crippen LogP contribution in [0.1, 0.15) is 11.3 Å². The van der Waals surface area contributed by atoms with Crippen molar-refractivity contribution in [3.8, 4) is 0 Å². The Morgan fingerprint density at radius 2 is 2.33 bits per heavy atom. The first kappa shape index (κ1) is 7.22. The average molecular weight is 158 g/mol. The first-order chi connectivity index (χ1) is 5.68. The first-order valence-electron chi connectivity index (χ1n) is 3.66. The van der Waals surface area contributed by atoms with Gasteiger partial charge >= 0.3 is 70.1 Å². The Bertz CT molecular complexity index is 387. The molecule has 58 valence electrons. The molecular formula is C8H7BN2O. The van der Waals surface area contributed by atoms with Crippen molar-refractivity contribution in [3.63, 3.8) is 0 Å². The van der Waals surface area contributed by atoms with E-state index in [1.165, 1.54) is 0 Å². The fraction of sp³-hybridized carbons (Fsp3) is 0.125. The van der Waals surface area contributed by atoms with E-state index in [2.05, 4.69) is 17.8 Å². The number of nitrogens with zero attached hydrogens (tertiary/aromatic N) is 1. The van der Waals surface area contributed by atoms with Gasteiger partial charge in [-0.15, -0.1) is 0 Å². The molecule has 4 heteroatoms. The Kier molecular flexibility index (Phi) is 1.36. The molecule has 2 heterocycles. The molecule has 3 nitrogen and oxygen atoms in total. The van der Waals surface area contributed by atoms with Gasteiger partial charge in [-0.2, -0.15) is 0 Å². The van der Waals surface area contributed by atoms with Gasteiger partial charge in [0, 0.05) is 0 Å². The molecule has 0 saturated carbocycles. The van der Waals surface area contributed by atoms with Crippen LogP contribution in [0.2, 0.25) is 0 Å². The van der Waals surface area contributed by atoms with Gasteiger partial charge in [-0.05, 0) is 0 Å². The van der Waals surface area contributed by atoms with Crippen molar-refractivity contribution in [2.45, 2.75) is 6.92 Å². The van der Waals surface area contributed by atoms with E-state index in [9.17, 15) is 4.79 Å². The van der Waals surface area contributed by atoms with E-state index in [-0.39, 0.29) is 5.91 Å². The predicted molar refractivity (Wildman–Crippen MR) is 48.9 cm³/mol. The van der Waals surface area contributed by atoms with Crippen molar-refractivity contribution in [1.82, 2.24) is 4.98 Å². The van der Waals surface area contributed by atoms with Crippen LogP contribution in [0.3, 0.4) is 0 Å². The standard InChI is InChI=1S/C8H7BN2O/c1-4-2-5-7(10-3-4)6(9)8(12)11-5/h2-3,9H,1H3,(H,11,12). The fourth-order valence-electron chi connectivity index (χ4n) is 1.21. The van der Waals surface area contributed by atoms with Crippen molar-refractivity contribution in [3.05, 3.63) is 23.5 Å². The normalized spacial score (nSPS) is 14.3. The van der Waals surface area contributed by atoms with E-state index in [1.54, 1.807) is 6.20 Å². The molecule has 0 aromatic carbocycles. The third-order valence-corrected chi connectivity index (χ3v) is 1.83. The zero-order valence-corrected chi connectivity index (χ0v) is 6.72. The molecule has 1 aromatic rings. The summed E-state index contributed by atoms with van der Waals surface area (Å²) in [7, 11) is 3.63. The number of hydrogen-bond acceptors (Lipinski definition) is 2. The van der Waals surface area contributed by atoms with Crippen LogP contribution in [0.25, 0.3) is 0 Å². The van der Waals surface area contributed by atoms with E-state index in [0.717, 1.165) is 11.3 Å². The van der Waals surface area contributed by atoms with Gasteiger partial charge < -0.3 is 0 Å². The number of fused-ring (bicyclic) bond motifs is 1. The molecule has 12 heavy (non-hydrogen) atoms. The van der Waals surface area contributed by atoms with E-state index in [4.69, 9.17) is 0 Å². The molecule has 0 unspecified atom stereocenters. The van der Waals surface area contributed by atoms with Gasteiger partial charge in [-0.25, -0.2) is 0 Å². The van der Waals surface area contributed by atoms with Crippen molar-refractivity contribution >= 4 is 24.5 Å². The van der Waals surface area contributed by atoms with Crippen molar-refractivity contribution < 1.29 is 4.79 Å². The molecule has 0 radical (unpaired) electrons. The SMILES string of the molecule is B=C1C(=O)Nc2cc(C)cnc21. The molecule has 1 aliphatic heterocycles. The van der Waals surface area contributed by atoms with Crippen LogP contribution in [0.5, 0.6) is 0 Å². The quantitative estimate of drug-likeness (QED) is 0.529. The third kappa shape index (κ3) is 0.880. The van der Waals surface area contributed by atoms with E-state index in [1.807, 2.05) is 13.0 Å². The maximum atomic E-state index is 11.1. The van der Waals surface area contributed by atoms with Crippen molar-refractivity contribution in [1.29, 1.82) is 0 Å². The summed E-state index contributed by atoms with van der Waals surface area (Å²) in [6, 6.07) is 1.89. The van der Waals surface area contributed by atoms with E-state index >= 15 is 0 Å². The van der Waals surface area contributed by atoms with Crippen LogP contribution < -0.4 is 5.32 Å². The van der Waals surface area contributed by atoms with Gasteiger partial charge in [0.2, 0.25) is 0 Å². The number of aromatic nitrogens is 1. The summed E-state index contributed by atoms with van der Waals surface area (Å²) in [5, 5.41) is 2.69. The van der Waals surface area contributed by atoms with Crippen LogP contribution in [-0.4, -0.2) is 23.8 Å². The molecule has 0 saturated heterocycles. The average Bonchev–Trinajstić information content (AvgIpc) is 2.28. The molecule has 0 spiro atoms. The number of rotatable bonds is 0. The predicted octanol–water partition coefficient (Wildman–Crippen LogP) is -0.237. The second kappa shape index (κ2) is 2.27. The number of pyridine rings is 1. The minimum absolute atomic E-state index is 0.150.